The Bertz CT molecular complexity index is 925. The van der Waals surface area contributed by atoms with Crippen LogP contribution in [0.4, 0.5) is 18.9 Å². The average molecular weight is 418 g/mol. The molecule has 0 saturated carbocycles. The van der Waals surface area contributed by atoms with Gasteiger partial charge in [0.2, 0.25) is 5.91 Å². The molecular formula is C23H25F3N2O2. The number of para-hydroxylation sites is 1. The van der Waals surface area contributed by atoms with E-state index in [2.05, 4.69) is 5.32 Å². The van der Waals surface area contributed by atoms with Crippen molar-refractivity contribution in [2.75, 3.05) is 4.90 Å². The molecule has 0 radical (unpaired) electrons. The Hall–Kier alpha value is -2.83. The molecule has 160 valence electrons. The number of alkyl halides is 3. The number of hydrogen-bond donors (Lipinski definition) is 1. The molecule has 0 fully saturated rings. The van der Waals surface area contributed by atoms with E-state index >= 15 is 0 Å². The summed E-state index contributed by atoms with van der Waals surface area (Å²) in [4.78, 5) is 27.6. The van der Waals surface area contributed by atoms with Gasteiger partial charge in [0.25, 0.3) is 5.91 Å². The van der Waals surface area contributed by atoms with Crippen molar-refractivity contribution in [3.63, 3.8) is 0 Å². The first-order valence-corrected chi connectivity index (χ1v) is 10.0. The molecule has 2 aromatic carbocycles. The maximum absolute atomic E-state index is 13.2. The van der Waals surface area contributed by atoms with Crippen LogP contribution in [-0.4, -0.2) is 23.9 Å². The SMILES string of the molecule is CC[C@H](C)NC(=O)[C@H]1C[C@@H](C)N(C(=O)c2ccc(C(F)(F)F)cc2)c2ccccc21. The van der Waals surface area contributed by atoms with Crippen molar-refractivity contribution in [1.82, 2.24) is 5.32 Å². The van der Waals surface area contributed by atoms with Crippen LogP contribution in [0, 0.1) is 0 Å². The largest absolute Gasteiger partial charge is 0.416 e. The van der Waals surface area contributed by atoms with E-state index in [4.69, 9.17) is 0 Å². The molecule has 30 heavy (non-hydrogen) atoms. The molecule has 0 spiro atoms. The number of carbonyl (C=O) groups excluding carboxylic acids is 2. The Morgan fingerprint density at radius 2 is 1.77 bits per heavy atom. The first-order chi connectivity index (χ1) is 14.1. The van der Waals surface area contributed by atoms with Gasteiger partial charge in [-0.15, -0.1) is 0 Å². The van der Waals surface area contributed by atoms with Crippen molar-refractivity contribution >= 4 is 17.5 Å². The number of hydrogen-bond acceptors (Lipinski definition) is 2. The van der Waals surface area contributed by atoms with E-state index in [0.717, 1.165) is 24.1 Å². The van der Waals surface area contributed by atoms with Crippen molar-refractivity contribution in [1.29, 1.82) is 0 Å². The second-order valence-corrected chi connectivity index (χ2v) is 7.76. The lowest BCUT2D eigenvalue weighted by Crippen LogP contribution is -2.47. The molecule has 0 aliphatic carbocycles. The third-order valence-corrected chi connectivity index (χ3v) is 5.58. The number of halogens is 3. The normalized spacial score (nSPS) is 19.7. The van der Waals surface area contributed by atoms with Gasteiger partial charge in [0.05, 0.1) is 11.5 Å². The van der Waals surface area contributed by atoms with Crippen molar-refractivity contribution in [2.24, 2.45) is 0 Å². The lowest BCUT2D eigenvalue weighted by molar-refractivity contribution is -0.137. The van der Waals surface area contributed by atoms with Gasteiger partial charge in [-0.3, -0.25) is 9.59 Å². The van der Waals surface area contributed by atoms with Gasteiger partial charge in [-0.05, 0) is 62.6 Å². The summed E-state index contributed by atoms with van der Waals surface area (Å²) in [5, 5.41) is 3.01. The number of fused-ring (bicyclic) bond motifs is 1. The summed E-state index contributed by atoms with van der Waals surface area (Å²) < 4.78 is 38.5. The minimum absolute atomic E-state index is 0.0479. The van der Waals surface area contributed by atoms with E-state index in [1.165, 1.54) is 12.1 Å². The summed E-state index contributed by atoms with van der Waals surface area (Å²) in [7, 11) is 0. The fourth-order valence-electron chi connectivity index (χ4n) is 3.76. The Kier molecular flexibility index (Phi) is 6.19. The molecule has 0 aromatic heterocycles. The topological polar surface area (TPSA) is 49.4 Å². The smallest absolute Gasteiger partial charge is 0.353 e. The van der Waals surface area contributed by atoms with E-state index in [-0.39, 0.29) is 35.4 Å². The second kappa shape index (κ2) is 8.50. The molecule has 2 aromatic rings. The molecule has 2 amide bonds. The lowest BCUT2D eigenvalue weighted by atomic mass is 9.84. The zero-order valence-corrected chi connectivity index (χ0v) is 17.2. The minimum Gasteiger partial charge on any atom is -0.353 e. The van der Waals surface area contributed by atoms with Gasteiger partial charge in [0.15, 0.2) is 0 Å². The van der Waals surface area contributed by atoms with E-state index < -0.39 is 11.7 Å². The Morgan fingerprint density at radius 3 is 2.37 bits per heavy atom. The van der Waals surface area contributed by atoms with Gasteiger partial charge in [-0.1, -0.05) is 25.1 Å². The van der Waals surface area contributed by atoms with Gasteiger partial charge < -0.3 is 10.2 Å². The standard InChI is InChI=1S/C23H25F3N2O2/c1-4-14(2)27-21(29)19-13-15(3)28(20-8-6-5-7-18(19)20)22(30)16-9-11-17(12-10-16)23(24,25)26/h5-12,14-15,19H,4,13H2,1-3H3,(H,27,29)/t14-,15+,19-/m0/s1. The molecule has 1 heterocycles. The first-order valence-electron chi connectivity index (χ1n) is 10.0. The number of nitrogens with zero attached hydrogens (tertiary/aromatic N) is 1. The Balaban J connectivity index is 1.92. The molecule has 3 atom stereocenters. The predicted molar refractivity (Wildman–Crippen MR) is 109 cm³/mol. The summed E-state index contributed by atoms with van der Waals surface area (Å²) >= 11 is 0. The van der Waals surface area contributed by atoms with Gasteiger partial charge in [0.1, 0.15) is 0 Å². The van der Waals surface area contributed by atoms with Crippen molar-refractivity contribution < 1.29 is 22.8 Å². The zero-order valence-electron chi connectivity index (χ0n) is 17.2. The number of benzene rings is 2. The molecule has 1 N–H and O–H groups in total. The Morgan fingerprint density at radius 1 is 1.13 bits per heavy atom. The monoisotopic (exact) mass is 418 g/mol. The van der Waals surface area contributed by atoms with Crippen LogP contribution in [-0.2, 0) is 11.0 Å². The predicted octanol–water partition coefficient (Wildman–Crippen LogP) is 5.14. The van der Waals surface area contributed by atoms with Crippen LogP contribution in [0.2, 0.25) is 0 Å². The molecule has 1 aliphatic heterocycles. The van der Waals surface area contributed by atoms with Crippen LogP contribution in [0.25, 0.3) is 0 Å². The molecule has 0 saturated heterocycles. The maximum atomic E-state index is 13.2. The van der Waals surface area contributed by atoms with E-state index in [1.54, 1.807) is 17.0 Å². The van der Waals surface area contributed by atoms with Gasteiger partial charge in [0, 0.05) is 23.3 Å². The highest BCUT2D eigenvalue weighted by Gasteiger charge is 2.37. The fraction of sp³-hybridized carbons (Fsp3) is 0.391. The molecular weight excluding hydrogens is 393 g/mol. The van der Waals surface area contributed by atoms with E-state index in [0.29, 0.717) is 12.1 Å². The summed E-state index contributed by atoms with van der Waals surface area (Å²) in [5.74, 6) is -0.850. The first kappa shape index (κ1) is 21.9. The summed E-state index contributed by atoms with van der Waals surface area (Å²) in [6, 6.07) is 11.2. The second-order valence-electron chi connectivity index (χ2n) is 7.76. The fourth-order valence-corrected chi connectivity index (χ4v) is 3.76. The lowest BCUT2D eigenvalue weighted by Gasteiger charge is -2.39. The van der Waals surface area contributed by atoms with Crippen LogP contribution < -0.4 is 10.2 Å². The van der Waals surface area contributed by atoms with E-state index in [1.807, 2.05) is 32.9 Å². The van der Waals surface area contributed by atoms with Crippen LogP contribution in [0.15, 0.2) is 48.5 Å². The average Bonchev–Trinajstić information content (AvgIpc) is 2.72. The molecule has 7 heteroatoms. The summed E-state index contributed by atoms with van der Waals surface area (Å²) in [6.07, 6.45) is -3.21. The van der Waals surface area contributed by atoms with Crippen molar-refractivity contribution in [3.05, 3.63) is 65.2 Å². The summed E-state index contributed by atoms with van der Waals surface area (Å²) in [6.45, 7) is 5.78. The number of anilines is 1. The third-order valence-electron chi connectivity index (χ3n) is 5.58. The highest BCUT2D eigenvalue weighted by atomic mass is 19.4. The highest BCUT2D eigenvalue weighted by molar-refractivity contribution is 6.08. The third kappa shape index (κ3) is 4.35. The molecule has 0 unspecified atom stereocenters. The van der Waals surface area contributed by atoms with Crippen LogP contribution >= 0.6 is 0 Å². The number of amides is 2. The maximum Gasteiger partial charge on any atom is 0.416 e. The molecule has 4 nitrogen and oxygen atoms in total. The Labute approximate surface area is 174 Å². The van der Waals surface area contributed by atoms with Gasteiger partial charge in [-0.25, -0.2) is 0 Å². The quantitative estimate of drug-likeness (QED) is 0.747. The molecule has 0 bridgehead atoms. The van der Waals surface area contributed by atoms with Crippen LogP contribution in [0.5, 0.6) is 0 Å². The number of nitrogens with one attached hydrogen (secondary N) is 1. The van der Waals surface area contributed by atoms with Crippen molar-refractivity contribution in [3.8, 4) is 0 Å². The summed E-state index contributed by atoms with van der Waals surface area (Å²) in [5.41, 5.74) is 0.738. The highest BCUT2D eigenvalue weighted by Crippen LogP contribution is 2.39. The minimum atomic E-state index is -4.46. The van der Waals surface area contributed by atoms with Crippen molar-refractivity contribution in [2.45, 2.75) is 57.8 Å². The van der Waals surface area contributed by atoms with Gasteiger partial charge in [-0.2, -0.15) is 13.2 Å². The molecule has 1 aliphatic rings. The number of rotatable bonds is 4. The van der Waals surface area contributed by atoms with E-state index in [9.17, 15) is 22.8 Å². The van der Waals surface area contributed by atoms with Gasteiger partial charge >= 0.3 is 6.18 Å². The van der Waals surface area contributed by atoms with Crippen LogP contribution in [0.1, 0.15) is 61.0 Å². The van der Waals surface area contributed by atoms with Crippen LogP contribution in [0.3, 0.4) is 0 Å². The molecule has 3 rings (SSSR count). The number of carbonyl (C=O) groups is 2. The zero-order chi connectivity index (χ0) is 22.1.